The molecule has 0 spiro atoms. The van der Waals surface area contributed by atoms with Gasteiger partial charge < -0.3 is 36.4 Å². The standard InChI is InChI=1S/C33H48N8O10S2.Gd/c42-26(19-38-11-13-39(20-29(44)45)15-17-41(22-31(48)49)18-16-40(14-12-38)21-30(46)47)8-9-28(43)37-27(32(50)51)3-1-2-10-34-33(53)36-25-6-4-24(5-7-25)35-23-52;/h4-7,27H,1-3,8-22H2,(H,37,43)(H,44,45)(H,46,47)(H,48,49)(H,50,51)(H2,34,36,53);/t27-;/m0./s1. The molecule has 2 rings (SSSR count). The number of nitrogens with one attached hydrogen (secondary N) is 3. The smallest absolute Gasteiger partial charge is 0.326 e. The Hall–Kier alpha value is -3.11. The number of carboxylic acid groups (broad SMARTS) is 4. The van der Waals surface area contributed by atoms with Crippen molar-refractivity contribution in [1.82, 2.24) is 30.2 Å². The van der Waals surface area contributed by atoms with E-state index in [0.717, 1.165) is 5.69 Å². The number of unbranched alkanes of at least 4 members (excludes halogenated alkanes) is 1. The van der Waals surface area contributed by atoms with Crippen molar-refractivity contribution in [2.75, 3.05) is 90.4 Å². The van der Waals surface area contributed by atoms with Crippen LogP contribution in [-0.4, -0.2) is 177 Å². The van der Waals surface area contributed by atoms with Crippen LogP contribution in [-0.2, 0) is 28.8 Å². The molecular weight excluding hydrogens is 890 g/mol. The Balaban J connectivity index is 0.0000146. The average Bonchev–Trinajstić information content (AvgIpc) is 3.08. The zero-order chi connectivity index (χ0) is 39.2. The van der Waals surface area contributed by atoms with Crippen LogP contribution in [0.2, 0.25) is 0 Å². The molecule has 1 atom stereocenters. The summed E-state index contributed by atoms with van der Waals surface area (Å²) in [5, 5.41) is 49.0. The second-order valence-electron chi connectivity index (χ2n) is 12.4. The van der Waals surface area contributed by atoms with Crippen molar-refractivity contribution < 1.29 is 89.1 Å². The topological polar surface area (TPSA) is 245 Å². The second kappa shape index (κ2) is 27.5. The molecule has 0 aromatic heterocycles. The largest absolute Gasteiger partial charge is 0.480 e. The third kappa shape index (κ3) is 22.3. The molecule has 21 heteroatoms. The molecule has 0 radical (unpaired) electrons. The molecule has 18 nitrogen and oxygen atoms in total. The van der Waals surface area contributed by atoms with Crippen LogP contribution in [0, 0.1) is 39.9 Å². The third-order valence-electron chi connectivity index (χ3n) is 8.18. The van der Waals surface area contributed by atoms with Crippen LogP contribution >= 0.6 is 24.4 Å². The minimum absolute atomic E-state index is 0. The van der Waals surface area contributed by atoms with Crippen LogP contribution in [0.3, 0.4) is 0 Å². The van der Waals surface area contributed by atoms with Crippen molar-refractivity contribution in [1.29, 1.82) is 0 Å². The number of carbonyl (C=O) groups is 6. The van der Waals surface area contributed by atoms with Crippen molar-refractivity contribution in [2.45, 2.75) is 38.1 Å². The number of hydrogen-bond donors (Lipinski definition) is 7. The van der Waals surface area contributed by atoms with Gasteiger partial charge in [0.25, 0.3) is 0 Å². The van der Waals surface area contributed by atoms with Gasteiger partial charge in [0, 0.05) is 117 Å². The molecule has 0 bridgehead atoms. The first-order valence-corrected chi connectivity index (χ1v) is 17.9. The van der Waals surface area contributed by atoms with Crippen LogP contribution in [0.5, 0.6) is 0 Å². The second-order valence-corrected chi connectivity index (χ2v) is 13.0. The minimum atomic E-state index is -1.20. The Morgan fingerprint density at radius 1 is 0.722 bits per heavy atom. The van der Waals surface area contributed by atoms with Gasteiger partial charge in [-0.1, -0.05) is 0 Å². The third-order valence-corrected chi connectivity index (χ3v) is 8.51. The fourth-order valence-corrected chi connectivity index (χ4v) is 5.74. The number of anilines is 1. The maximum absolute atomic E-state index is 13.0. The molecule has 1 fully saturated rings. The summed E-state index contributed by atoms with van der Waals surface area (Å²) in [7, 11) is 0. The zero-order valence-corrected chi connectivity index (χ0v) is 33.7. The number of benzene rings is 1. The van der Waals surface area contributed by atoms with Crippen molar-refractivity contribution in [3.05, 3.63) is 24.3 Å². The first kappa shape index (κ1) is 48.9. The first-order chi connectivity index (χ1) is 25.2. The SMILES string of the molecule is O=C(O)CN1CCN(CC(=O)O)CCN(CC(=O)CCC(=O)N[C@@H](CCCCNC(=S)Nc2ccc(N=C=S)cc2)C(=O)O)CCN(CC(=O)O)CC1.[Gd]. The van der Waals surface area contributed by atoms with E-state index in [0.29, 0.717) is 30.2 Å². The van der Waals surface area contributed by atoms with E-state index >= 15 is 0 Å². The number of hydrogen-bond acceptors (Lipinski definition) is 13. The van der Waals surface area contributed by atoms with Crippen LogP contribution in [0.1, 0.15) is 32.1 Å². The molecule has 0 aliphatic carbocycles. The van der Waals surface area contributed by atoms with E-state index in [1.807, 2.05) is 0 Å². The molecule has 1 aliphatic rings. The van der Waals surface area contributed by atoms with Crippen LogP contribution < -0.4 is 16.0 Å². The van der Waals surface area contributed by atoms with Gasteiger partial charge in [0.15, 0.2) is 5.11 Å². The summed E-state index contributed by atoms with van der Waals surface area (Å²) in [4.78, 5) is 82.4. The van der Waals surface area contributed by atoms with E-state index in [1.54, 1.807) is 43.9 Å². The summed E-state index contributed by atoms with van der Waals surface area (Å²) in [5.41, 5.74) is 1.40. The summed E-state index contributed by atoms with van der Waals surface area (Å²) in [6.45, 7) is 1.53. The van der Waals surface area contributed by atoms with Crippen LogP contribution in [0.4, 0.5) is 11.4 Å². The molecular formula is C33H48GdN8O10S2. The predicted octanol–water partition coefficient (Wildman–Crippen LogP) is 0.272. The molecule has 1 aromatic rings. The molecule has 300 valence electrons. The number of thiocarbonyl (C=S) groups is 2. The van der Waals surface area contributed by atoms with E-state index < -0.39 is 35.8 Å². The average molecular weight is 938 g/mol. The molecule has 1 aliphatic heterocycles. The summed E-state index contributed by atoms with van der Waals surface area (Å²) >= 11 is 9.88. The van der Waals surface area contributed by atoms with Crippen molar-refractivity contribution >= 4 is 81.7 Å². The molecule has 1 amide bonds. The molecule has 54 heavy (non-hydrogen) atoms. The number of rotatable bonds is 20. The monoisotopic (exact) mass is 938 g/mol. The molecule has 7 N–H and O–H groups in total. The number of Topliss-reactive ketones (excluding diaryl/α,β-unsaturated/α-hetero) is 1. The first-order valence-electron chi connectivity index (χ1n) is 17.1. The van der Waals surface area contributed by atoms with Crippen LogP contribution in [0.15, 0.2) is 29.3 Å². The number of carbonyl (C=O) groups excluding carboxylic acids is 2. The summed E-state index contributed by atoms with van der Waals surface area (Å²) in [6.07, 6.45) is 0.826. The van der Waals surface area contributed by atoms with E-state index in [9.17, 15) is 49.2 Å². The number of isothiocyanates is 1. The molecule has 1 saturated heterocycles. The van der Waals surface area contributed by atoms with Gasteiger partial charge in [-0.3, -0.25) is 43.6 Å². The summed E-state index contributed by atoms with van der Waals surface area (Å²) in [6, 6.07) is 5.92. The van der Waals surface area contributed by atoms with Gasteiger partial charge in [-0.15, -0.1) is 0 Å². The van der Waals surface area contributed by atoms with E-state index in [1.165, 1.54) is 0 Å². The number of amides is 1. The number of aliphatic imine (C=N–C) groups is 1. The van der Waals surface area contributed by atoms with E-state index in [2.05, 4.69) is 38.3 Å². The maximum Gasteiger partial charge on any atom is 0.326 e. The molecule has 1 heterocycles. The van der Waals surface area contributed by atoms with Gasteiger partial charge in [-0.2, -0.15) is 4.99 Å². The minimum Gasteiger partial charge on any atom is -0.480 e. The summed E-state index contributed by atoms with van der Waals surface area (Å²) < 4.78 is 0. The Bertz CT molecular complexity index is 1440. The normalized spacial score (nSPS) is 15.5. The van der Waals surface area contributed by atoms with Gasteiger partial charge in [0.05, 0.1) is 37.0 Å². The number of ketones is 1. The van der Waals surface area contributed by atoms with E-state index in [-0.39, 0.29) is 144 Å². The molecule has 0 unspecified atom stereocenters. The number of nitrogens with zero attached hydrogens (tertiary/aromatic N) is 5. The Labute approximate surface area is 356 Å². The fraction of sp³-hybridized carbons (Fsp3) is 0.576. The van der Waals surface area contributed by atoms with Crippen LogP contribution in [0.25, 0.3) is 0 Å². The van der Waals surface area contributed by atoms with Crippen molar-refractivity contribution in [2.24, 2.45) is 4.99 Å². The van der Waals surface area contributed by atoms with Crippen molar-refractivity contribution in [3.63, 3.8) is 0 Å². The number of carboxylic acids is 4. The predicted molar refractivity (Wildman–Crippen MR) is 202 cm³/mol. The Kier molecular flexibility index (Phi) is 24.9. The van der Waals surface area contributed by atoms with Gasteiger partial charge in [-0.25, -0.2) is 4.79 Å². The fourth-order valence-electron chi connectivity index (χ4n) is 5.41. The quantitative estimate of drug-likeness (QED) is 0.0527. The van der Waals surface area contributed by atoms with Gasteiger partial charge in [-0.05, 0) is 68.0 Å². The Morgan fingerprint density at radius 3 is 1.61 bits per heavy atom. The number of aliphatic carboxylic acids is 4. The summed E-state index contributed by atoms with van der Waals surface area (Å²) in [5.74, 6) is -5.26. The Morgan fingerprint density at radius 2 is 1.19 bits per heavy atom. The van der Waals surface area contributed by atoms with Gasteiger partial charge in [0.2, 0.25) is 5.91 Å². The van der Waals surface area contributed by atoms with Gasteiger partial charge in [0.1, 0.15) is 11.8 Å². The molecule has 1 aromatic carbocycles. The molecule has 0 saturated carbocycles. The zero-order valence-electron chi connectivity index (χ0n) is 29.8. The van der Waals surface area contributed by atoms with Gasteiger partial charge >= 0.3 is 23.9 Å². The maximum atomic E-state index is 13.0. The van der Waals surface area contributed by atoms with Crippen molar-refractivity contribution in [3.8, 4) is 0 Å². The van der Waals surface area contributed by atoms with E-state index in [4.69, 9.17) is 12.2 Å².